The van der Waals surface area contributed by atoms with E-state index >= 15 is 0 Å². The smallest absolute Gasteiger partial charge is 0.298 e. The molecule has 10 heteroatoms. The summed E-state index contributed by atoms with van der Waals surface area (Å²) in [5.74, 6) is 0.440. The lowest BCUT2D eigenvalue weighted by Crippen LogP contribution is -2.61. The zero-order chi connectivity index (χ0) is 27.5. The van der Waals surface area contributed by atoms with E-state index in [9.17, 15) is 18.0 Å². The van der Waals surface area contributed by atoms with Crippen molar-refractivity contribution in [3.63, 3.8) is 0 Å². The number of nitrogens with one attached hydrogen (secondary N) is 2. The summed E-state index contributed by atoms with van der Waals surface area (Å²) >= 11 is 0. The number of pyridine rings is 1. The molecule has 0 bridgehead atoms. The molecule has 0 radical (unpaired) electrons. The Morgan fingerprint density at radius 2 is 1.82 bits per heavy atom. The third-order valence-electron chi connectivity index (χ3n) is 11.8. The van der Waals surface area contributed by atoms with E-state index in [-0.39, 0.29) is 28.8 Å². The Labute approximate surface area is 233 Å². The van der Waals surface area contributed by atoms with Crippen molar-refractivity contribution >= 4 is 5.52 Å². The number of hydrogen-bond donors (Lipinski definition) is 2. The SMILES string of the molecule is CN1CNNC1C1(C2CCCC(n3cc4c(C(F)(F)F)cc(CN5CCC6(CC6)C5)cn4c3=O)C2)CC2(CC2)C1. The van der Waals surface area contributed by atoms with Gasteiger partial charge in [0.15, 0.2) is 0 Å². The zero-order valence-electron chi connectivity index (χ0n) is 23.4. The number of nitrogens with zero attached hydrogens (tertiary/aromatic N) is 4. The molecule has 0 amide bonds. The summed E-state index contributed by atoms with van der Waals surface area (Å²) in [6.07, 6.45) is 11.4. The van der Waals surface area contributed by atoms with Crippen LogP contribution in [0, 0.1) is 22.2 Å². The largest absolute Gasteiger partial charge is 0.418 e. The Morgan fingerprint density at radius 3 is 2.48 bits per heavy atom. The van der Waals surface area contributed by atoms with Crippen LogP contribution in [0.3, 0.4) is 0 Å². The van der Waals surface area contributed by atoms with Crippen molar-refractivity contribution in [1.82, 2.24) is 29.6 Å². The van der Waals surface area contributed by atoms with E-state index in [0.29, 0.717) is 28.9 Å². The molecule has 6 fully saturated rings. The molecule has 4 aliphatic carbocycles. The topological polar surface area (TPSA) is 56.9 Å². The number of hydrazine groups is 1. The number of fused-ring (bicyclic) bond motifs is 1. The fourth-order valence-corrected chi connectivity index (χ4v) is 9.41. The van der Waals surface area contributed by atoms with Crippen LogP contribution in [-0.4, -0.2) is 51.7 Å². The first-order valence-electron chi connectivity index (χ1n) is 15.3. The molecule has 40 heavy (non-hydrogen) atoms. The highest BCUT2D eigenvalue weighted by Gasteiger charge is 2.67. The minimum atomic E-state index is -4.52. The first-order chi connectivity index (χ1) is 19.1. The van der Waals surface area contributed by atoms with Crippen LogP contribution in [0.4, 0.5) is 13.2 Å². The predicted molar refractivity (Wildman–Crippen MR) is 145 cm³/mol. The molecule has 2 aliphatic heterocycles. The van der Waals surface area contributed by atoms with Gasteiger partial charge in [-0.25, -0.2) is 15.6 Å². The Kier molecular flexibility index (Phi) is 5.54. The average molecular weight is 559 g/mol. The summed E-state index contributed by atoms with van der Waals surface area (Å²) in [6, 6.07) is 1.21. The monoisotopic (exact) mass is 558 g/mol. The molecule has 3 unspecified atom stereocenters. The Morgan fingerprint density at radius 1 is 1.05 bits per heavy atom. The van der Waals surface area contributed by atoms with Gasteiger partial charge in [-0.1, -0.05) is 6.42 Å². The predicted octanol–water partition coefficient (Wildman–Crippen LogP) is 4.72. The van der Waals surface area contributed by atoms with Gasteiger partial charge in [-0.3, -0.25) is 18.8 Å². The van der Waals surface area contributed by atoms with Gasteiger partial charge >= 0.3 is 11.9 Å². The molecule has 8 rings (SSSR count). The standard InChI is InChI=1S/C30H41F3N6O/c1-36-19-34-35-25(36)29(16-28(17-29)7-8-28)21-3-2-4-22(12-21)38-15-24-23(30(31,32)33)11-20(14-39(24)26(38)40)13-37-10-9-27(18-37)5-6-27/h11,14-15,21-22,25,34-35H,2-10,12-13,16-19H2,1H3. The number of hydrogen-bond acceptors (Lipinski definition) is 5. The Bertz CT molecular complexity index is 1380. The quantitative estimate of drug-likeness (QED) is 0.556. The van der Waals surface area contributed by atoms with Gasteiger partial charge in [0.1, 0.15) is 0 Å². The van der Waals surface area contributed by atoms with Crippen molar-refractivity contribution in [3.8, 4) is 0 Å². The second-order valence-electron chi connectivity index (χ2n) is 14.5. The number of aromatic nitrogens is 2. The van der Waals surface area contributed by atoms with Crippen molar-refractivity contribution in [2.75, 3.05) is 26.8 Å². The van der Waals surface area contributed by atoms with E-state index < -0.39 is 11.7 Å². The van der Waals surface area contributed by atoms with Crippen LogP contribution in [0.25, 0.3) is 5.52 Å². The maximum Gasteiger partial charge on any atom is 0.418 e. The van der Waals surface area contributed by atoms with Crippen LogP contribution in [-0.2, 0) is 12.7 Å². The highest BCUT2D eigenvalue weighted by atomic mass is 19.4. The molecule has 2 N–H and O–H groups in total. The fourth-order valence-electron chi connectivity index (χ4n) is 9.41. The molecular formula is C30H41F3N6O. The van der Waals surface area contributed by atoms with E-state index in [4.69, 9.17) is 0 Å². The fraction of sp³-hybridized carbons (Fsp3) is 0.767. The van der Waals surface area contributed by atoms with Gasteiger partial charge < -0.3 is 0 Å². The van der Waals surface area contributed by atoms with Crippen LogP contribution in [0.5, 0.6) is 0 Å². The lowest BCUT2D eigenvalue weighted by Gasteiger charge is -2.59. The van der Waals surface area contributed by atoms with Crippen molar-refractivity contribution in [1.29, 1.82) is 0 Å². The van der Waals surface area contributed by atoms with E-state index in [1.54, 1.807) is 10.8 Å². The first-order valence-corrected chi connectivity index (χ1v) is 15.3. The molecule has 4 heterocycles. The molecule has 2 aromatic heterocycles. The summed E-state index contributed by atoms with van der Waals surface area (Å²) < 4.78 is 45.9. The Balaban J connectivity index is 1.11. The maximum absolute atomic E-state index is 14.3. The second-order valence-corrected chi connectivity index (χ2v) is 14.5. The summed E-state index contributed by atoms with van der Waals surface area (Å²) in [5, 5.41) is 0. The van der Waals surface area contributed by atoms with Gasteiger partial charge in [0.05, 0.1) is 23.9 Å². The van der Waals surface area contributed by atoms with E-state index in [2.05, 4.69) is 27.7 Å². The lowest BCUT2D eigenvalue weighted by molar-refractivity contribution is -0.136. The molecule has 218 valence electrons. The Hall–Kier alpha value is -1.88. The first kappa shape index (κ1) is 25.8. The molecule has 4 saturated carbocycles. The average Bonchev–Trinajstić information content (AvgIpc) is 3.73. The van der Waals surface area contributed by atoms with Gasteiger partial charge in [0.25, 0.3) is 0 Å². The van der Waals surface area contributed by atoms with Crippen LogP contribution in [0.1, 0.15) is 87.8 Å². The molecule has 3 atom stereocenters. The third kappa shape index (κ3) is 4.03. The van der Waals surface area contributed by atoms with E-state index in [0.717, 1.165) is 51.9 Å². The van der Waals surface area contributed by atoms with Crippen molar-refractivity contribution in [2.45, 2.75) is 95.6 Å². The van der Waals surface area contributed by atoms with Crippen molar-refractivity contribution in [2.24, 2.45) is 22.2 Å². The number of alkyl halides is 3. The highest BCUT2D eigenvalue weighted by molar-refractivity contribution is 5.56. The van der Waals surface area contributed by atoms with Gasteiger partial charge in [0, 0.05) is 36.9 Å². The molecule has 2 spiro atoms. The molecule has 6 aliphatic rings. The molecule has 2 aromatic rings. The lowest BCUT2D eigenvalue weighted by atomic mass is 9.49. The van der Waals surface area contributed by atoms with Crippen LogP contribution >= 0.6 is 0 Å². The van der Waals surface area contributed by atoms with Gasteiger partial charge in [-0.2, -0.15) is 13.2 Å². The van der Waals surface area contributed by atoms with Crippen molar-refractivity contribution < 1.29 is 13.2 Å². The van der Waals surface area contributed by atoms with Gasteiger partial charge in [0.2, 0.25) is 0 Å². The third-order valence-corrected chi connectivity index (χ3v) is 11.8. The van der Waals surface area contributed by atoms with Gasteiger partial charge in [-0.15, -0.1) is 0 Å². The number of imidazole rings is 1. The van der Waals surface area contributed by atoms with E-state index in [1.807, 2.05) is 0 Å². The molecule has 2 saturated heterocycles. The van der Waals surface area contributed by atoms with Crippen LogP contribution in [0.15, 0.2) is 23.3 Å². The summed E-state index contributed by atoms with van der Waals surface area (Å²) in [6.45, 7) is 3.14. The maximum atomic E-state index is 14.3. The minimum absolute atomic E-state index is 0.0138. The summed E-state index contributed by atoms with van der Waals surface area (Å²) in [4.78, 5) is 18.4. The number of likely N-dealkylation sites (tertiary alicyclic amines) is 1. The van der Waals surface area contributed by atoms with E-state index in [1.165, 1.54) is 55.2 Å². The number of halogens is 3. The molecule has 7 nitrogen and oxygen atoms in total. The molecular weight excluding hydrogens is 517 g/mol. The number of rotatable bonds is 5. The zero-order valence-corrected chi connectivity index (χ0v) is 23.4. The molecule has 0 aromatic carbocycles. The second kappa shape index (κ2) is 8.58. The summed E-state index contributed by atoms with van der Waals surface area (Å²) in [7, 11) is 2.16. The summed E-state index contributed by atoms with van der Waals surface area (Å²) in [5.41, 5.74) is 7.48. The minimum Gasteiger partial charge on any atom is -0.298 e. The van der Waals surface area contributed by atoms with Crippen LogP contribution in [0.2, 0.25) is 0 Å². The van der Waals surface area contributed by atoms with Crippen molar-refractivity contribution in [3.05, 3.63) is 40.1 Å². The highest BCUT2D eigenvalue weighted by Crippen LogP contribution is 2.73. The van der Waals surface area contributed by atoms with Gasteiger partial charge in [-0.05, 0) is 106 Å². The normalized spacial score (nSPS) is 32.8. The van der Waals surface area contributed by atoms with Crippen LogP contribution < -0.4 is 16.5 Å².